The number of hydrogen-bond acceptors (Lipinski definition) is 2. The number of guanidine groups is 1. The summed E-state index contributed by atoms with van der Waals surface area (Å²) in [6.45, 7) is 9.93. The second-order valence-corrected chi connectivity index (χ2v) is 4.62. The number of nitrogens with zero attached hydrogens (tertiary/aromatic N) is 2. The lowest BCUT2D eigenvalue weighted by molar-refractivity contribution is 0.700. The SMILES string of the molecule is CCNC(=NCCc1ccc(C)nc1)NC(C)C.I. The van der Waals surface area contributed by atoms with Crippen molar-refractivity contribution in [2.45, 2.75) is 40.2 Å². The zero-order valence-corrected chi connectivity index (χ0v) is 14.6. The Morgan fingerprint density at radius 3 is 2.63 bits per heavy atom. The summed E-state index contributed by atoms with van der Waals surface area (Å²) in [4.78, 5) is 8.82. The van der Waals surface area contributed by atoms with E-state index in [0.717, 1.165) is 31.2 Å². The summed E-state index contributed by atoms with van der Waals surface area (Å²) in [5, 5.41) is 6.53. The van der Waals surface area contributed by atoms with E-state index in [1.807, 2.05) is 19.2 Å². The van der Waals surface area contributed by atoms with Crippen LogP contribution in [0.15, 0.2) is 23.3 Å². The minimum Gasteiger partial charge on any atom is -0.357 e. The van der Waals surface area contributed by atoms with Crippen LogP contribution < -0.4 is 10.6 Å². The average Bonchev–Trinajstić information content (AvgIpc) is 2.31. The molecule has 19 heavy (non-hydrogen) atoms. The molecule has 0 aliphatic heterocycles. The van der Waals surface area contributed by atoms with E-state index in [1.54, 1.807) is 0 Å². The van der Waals surface area contributed by atoms with Crippen molar-refractivity contribution >= 4 is 29.9 Å². The van der Waals surface area contributed by atoms with Gasteiger partial charge in [-0.1, -0.05) is 6.07 Å². The quantitative estimate of drug-likeness (QED) is 0.472. The number of rotatable bonds is 5. The van der Waals surface area contributed by atoms with Crippen LogP contribution in [0.25, 0.3) is 0 Å². The van der Waals surface area contributed by atoms with E-state index < -0.39 is 0 Å². The van der Waals surface area contributed by atoms with Gasteiger partial charge in [0, 0.05) is 31.0 Å². The Bertz CT molecular complexity index is 374. The first-order chi connectivity index (χ1) is 8.61. The predicted molar refractivity (Wildman–Crippen MR) is 92.3 cm³/mol. The van der Waals surface area contributed by atoms with Gasteiger partial charge < -0.3 is 10.6 Å². The first-order valence-corrected chi connectivity index (χ1v) is 6.58. The molecule has 0 saturated carbocycles. The molecule has 1 heterocycles. The Morgan fingerprint density at radius 2 is 2.11 bits per heavy atom. The van der Waals surface area contributed by atoms with Crippen molar-refractivity contribution in [1.29, 1.82) is 0 Å². The van der Waals surface area contributed by atoms with Gasteiger partial charge in [-0.3, -0.25) is 9.98 Å². The smallest absolute Gasteiger partial charge is 0.191 e. The molecule has 0 amide bonds. The zero-order chi connectivity index (χ0) is 13.4. The molecule has 2 N–H and O–H groups in total. The van der Waals surface area contributed by atoms with Gasteiger partial charge in [0.25, 0.3) is 0 Å². The topological polar surface area (TPSA) is 49.3 Å². The first kappa shape index (κ1) is 18.1. The van der Waals surface area contributed by atoms with Crippen molar-refractivity contribution in [2.75, 3.05) is 13.1 Å². The Labute approximate surface area is 133 Å². The minimum absolute atomic E-state index is 0. The van der Waals surface area contributed by atoms with Gasteiger partial charge in [-0.15, -0.1) is 24.0 Å². The summed E-state index contributed by atoms with van der Waals surface area (Å²) >= 11 is 0. The Kier molecular flexibility index (Phi) is 9.55. The Hall–Kier alpha value is -0.850. The maximum atomic E-state index is 4.54. The highest BCUT2D eigenvalue weighted by Crippen LogP contribution is 2.00. The third kappa shape index (κ3) is 8.02. The van der Waals surface area contributed by atoms with Gasteiger partial charge >= 0.3 is 0 Å². The summed E-state index contributed by atoms with van der Waals surface area (Å²) < 4.78 is 0. The maximum Gasteiger partial charge on any atom is 0.191 e. The number of aliphatic imine (C=N–C) groups is 1. The van der Waals surface area contributed by atoms with E-state index in [2.05, 4.69) is 47.4 Å². The molecular formula is C14H25IN4. The van der Waals surface area contributed by atoms with E-state index in [-0.39, 0.29) is 24.0 Å². The maximum absolute atomic E-state index is 4.54. The molecule has 0 aliphatic carbocycles. The standard InChI is InChI=1S/C14H24N4.HI/c1-5-15-14(18-11(2)3)16-9-8-13-7-6-12(4)17-10-13;/h6-7,10-11H,5,8-9H2,1-4H3,(H2,15,16,18);1H. The fraction of sp³-hybridized carbons (Fsp3) is 0.571. The van der Waals surface area contributed by atoms with Crippen LogP contribution in [0.4, 0.5) is 0 Å². The highest BCUT2D eigenvalue weighted by molar-refractivity contribution is 14.0. The molecular weight excluding hydrogens is 351 g/mol. The van der Waals surface area contributed by atoms with Crippen molar-refractivity contribution in [3.05, 3.63) is 29.6 Å². The van der Waals surface area contributed by atoms with E-state index in [4.69, 9.17) is 0 Å². The summed E-state index contributed by atoms with van der Waals surface area (Å²) in [5.41, 5.74) is 2.28. The van der Waals surface area contributed by atoms with Crippen molar-refractivity contribution in [3.63, 3.8) is 0 Å². The van der Waals surface area contributed by atoms with Crippen molar-refractivity contribution in [1.82, 2.24) is 15.6 Å². The number of hydrogen-bond donors (Lipinski definition) is 2. The van der Waals surface area contributed by atoms with Crippen LogP contribution in [0.3, 0.4) is 0 Å². The predicted octanol–water partition coefficient (Wildman–Crippen LogP) is 2.51. The highest BCUT2D eigenvalue weighted by Gasteiger charge is 1.99. The summed E-state index contributed by atoms with van der Waals surface area (Å²) in [6, 6.07) is 4.54. The third-order valence-electron chi connectivity index (χ3n) is 2.41. The fourth-order valence-electron chi connectivity index (χ4n) is 1.54. The Morgan fingerprint density at radius 1 is 1.37 bits per heavy atom. The molecule has 5 heteroatoms. The second kappa shape index (κ2) is 10.00. The van der Waals surface area contributed by atoms with Crippen molar-refractivity contribution in [3.8, 4) is 0 Å². The second-order valence-electron chi connectivity index (χ2n) is 4.62. The number of pyridine rings is 1. The Balaban J connectivity index is 0.00000324. The van der Waals surface area contributed by atoms with Crippen LogP contribution in [0, 0.1) is 6.92 Å². The largest absolute Gasteiger partial charge is 0.357 e. The van der Waals surface area contributed by atoms with Gasteiger partial charge in [-0.2, -0.15) is 0 Å². The lowest BCUT2D eigenvalue weighted by Gasteiger charge is -2.13. The van der Waals surface area contributed by atoms with Crippen LogP contribution in [-0.4, -0.2) is 30.1 Å². The van der Waals surface area contributed by atoms with Gasteiger partial charge in [0.15, 0.2) is 5.96 Å². The van der Waals surface area contributed by atoms with E-state index in [1.165, 1.54) is 5.56 Å². The van der Waals surface area contributed by atoms with E-state index in [0.29, 0.717) is 6.04 Å². The van der Waals surface area contributed by atoms with Gasteiger partial charge in [0.05, 0.1) is 0 Å². The molecule has 0 saturated heterocycles. The fourth-order valence-corrected chi connectivity index (χ4v) is 1.54. The molecule has 0 aromatic carbocycles. The molecule has 0 spiro atoms. The lowest BCUT2D eigenvalue weighted by atomic mass is 10.2. The number of halogens is 1. The third-order valence-corrected chi connectivity index (χ3v) is 2.41. The monoisotopic (exact) mass is 376 g/mol. The molecule has 0 aliphatic rings. The molecule has 0 fully saturated rings. The zero-order valence-electron chi connectivity index (χ0n) is 12.2. The molecule has 0 radical (unpaired) electrons. The van der Waals surface area contributed by atoms with Crippen LogP contribution in [0.2, 0.25) is 0 Å². The van der Waals surface area contributed by atoms with Gasteiger partial charge in [-0.05, 0) is 45.7 Å². The summed E-state index contributed by atoms with van der Waals surface area (Å²) in [7, 11) is 0. The van der Waals surface area contributed by atoms with Gasteiger partial charge in [0.1, 0.15) is 0 Å². The summed E-state index contributed by atoms with van der Waals surface area (Å²) in [6.07, 6.45) is 2.84. The number of aromatic nitrogens is 1. The molecule has 0 unspecified atom stereocenters. The number of nitrogens with one attached hydrogen (secondary N) is 2. The van der Waals surface area contributed by atoms with Gasteiger partial charge in [0.2, 0.25) is 0 Å². The normalized spacial score (nSPS) is 11.1. The van der Waals surface area contributed by atoms with Crippen LogP contribution in [-0.2, 0) is 6.42 Å². The van der Waals surface area contributed by atoms with Crippen molar-refractivity contribution in [2.24, 2.45) is 4.99 Å². The first-order valence-electron chi connectivity index (χ1n) is 6.58. The lowest BCUT2D eigenvalue weighted by Crippen LogP contribution is -2.41. The molecule has 0 atom stereocenters. The average molecular weight is 376 g/mol. The van der Waals surface area contributed by atoms with E-state index >= 15 is 0 Å². The van der Waals surface area contributed by atoms with Gasteiger partial charge in [-0.25, -0.2) is 0 Å². The molecule has 1 rings (SSSR count). The highest BCUT2D eigenvalue weighted by atomic mass is 127. The van der Waals surface area contributed by atoms with Crippen molar-refractivity contribution < 1.29 is 0 Å². The molecule has 1 aromatic heterocycles. The summed E-state index contributed by atoms with van der Waals surface area (Å²) in [5.74, 6) is 0.882. The minimum atomic E-state index is 0. The molecule has 4 nitrogen and oxygen atoms in total. The molecule has 108 valence electrons. The van der Waals surface area contributed by atoms with Crippen LogP contribution in [0.5, 0.6) is 0 Å². The van der Waals surface area contributed by atoms with E-state index in [9.17, 15) is 0 Å². The molecule has 0 bridgehead atoms. The van der Waals surface area contributed by atoms with Crippen LogP contribution >= 0.6 is 24.0 Å². The van der Waals surface area contributed by atoms with Crippen LogP contribution in [0.1, 0.15) is 32.0 Å². The molecule has 1 aromatic rings. The number of aryl methyl sites for hydroxylation is 1.